The van der Waals surface area contributed by atoms with Crippen LogP contribution >= 0.6 is 11.3 Å². The maximum Gasteiger partial charge on any atom is 0.410 e. The second-order valence-electron chi connectivity index (χ2n) is 11.0. The van der Waals surface area contributed by atoms with Gasteiger partial charge >= 0.3 is 6.09 Å². The fourth-order valence-corrected chi connectivity index (χ4v) is 5.70. The number of hydrogen-bond donors (Lipinski definition) is 1. The lowest BCUT2D eigenvalue weighted by Gasteiger charge is -2.35. The minimum atomic E-state index is -0.509. The number of amides is 1. The Labute approximate surface area is 240 Å². The Balaban J connectivity index is 1.41. The third kappa shape index (κ3) is 6.59. The number of thiazole rings is 1. The Kier molecular flexibility index (Phi) is 8.02. The average molecular weight is 557 g/mol. The van der Waals surface area contributed by atoms with Crippen LogP contribution in [-0.4, -0.2) is 57.7 Å². The first-order valence-electron chi connectivity index (χ1n) is 13.6. The predicted molar refractivity (Wildman–Crippen MR) is 162 cm³/mol. The lowest BCUT2D eigenvalue weighted by molar-refractivity contribution is 0.0240. The van der Waals surface area contributed by atoms with Crippen LogP contribution in [0.25, 0.3) is 21.8 Å². The lowest BCUT2D eigenvalue weighted by Crippen LogP contribution is -2.50. The number of benzene rings is 2. The Bertz CT molecular complexity index is 1460. The molecule has 1 atom stereocenters. The number of carbonyl (C=O) groups is 1. The van der Waals surface area contributed by atoms with Crippen LogP contribution in [0.5, 0.6) is 0 Å². The highest BCUT2D eigenvalue weighted by Crippen LogP contribution is 2.40. The molecule has 0 bridgehead atoms. The minimum absolute atomic E-state index is 0.0611. The highest BCUT2D eigenvalue weighted by Gasteiger charge is 2.28. The standard InChI is InChI=1S/C31H36N6O2S/c1-21-10-9-13-24(20-21)26-27(25-14-15-32-28(34-25)33-22(2)23-11-7-6-8-12-23)40-29(35-26)36-16-18-37(19-17-36)30(38)39-31(3,4)5/h6-15,20,22H,16-19H2,1-5H3,(H,32,33,34). The molecule has 1 unspecified atom stereocenters. The molecule has 1 fully saturated rings. The van der Waals surface area contributed by atoms with Crippen molar-refractivity contribution in [1.29, 1.82) is 0 Å². The molecule has 0 spiro atoms. The van der Waals surface area contributed by atoms with Crippen molar-refractivity contribution in [2.24, 2.45) is 0 Å². The molecular formula is C31H36N6O2S. The highest BCUT2D eigenvalue weighted by atomic mass is 32.1. The van der Waals surface area contributed by atoms with E-state index in [1.165, 1.54) is 11.1 Å². The first-order chi connectivity index (χ1) is 19.2. The van der Waals surface area contributed by atoms with Crippen molar-refractivity contribution < 1.29 is 9.53 Å². The number of aryl methyl sites for hydroxylation is 1. The van der Waals surface area contributed by atoms with Crippen LogP contribution < -0.4 is 10.2 Å². The Morgan fingerprint density at radius 1 is 1.00 bits per heavy atom. The molecule has 4 aromatic rings. The van der Waals surface area contributed by atoms with Crippen LogP contribution in [0.1, 0.15) is 44.9 Å². The molecular weight excluding hydrogens is 520 g/mol. The number of anilines is 2. The molecule has 5 rings (SSSR count). The number of carbonyl (C=O) groups excluding carboxylic acids is 1. The van der Waals surface area contributed by atoms with Crippen LogP contribution in [0.4, 0.5) is 15.9 Å². The summed E-state index contributed by atoms with van der Waals surface area (Å²) in [6.45, 7) is 12.4. The second kappa shape index (κ2) is 11.6. The number of hydrogen-bond acceptors (Lipinski definition) is 8. The van der Waals surface area contributed by atoms with Gasteiger partial charge in [0, 0.05) is 37.9 Å². The lowest BCUT2D eigenvalue weighted by atomic mass is 10.1. The maximum absolute atomic E-state index is 12.6. The zero-order valence-electron chi connectivity index (χ0n) is 23.7. The van der Waals surface area contributed by atoms with Crippen LogP contribution in [0.15, 0.2) is 66.9 Å². The van der Waals surface area contributed by atoms with E-state index in [0.29, 0.717) is 32.1 Å². The van der Waals surface area contributed by atoms with Crippen molar-refractivity contribution in [2.45, 2.75) is 46.3 Å². The van der Waals surface area contributed by atoms with Crippen LogP contribution in [0.2, 0.25) is 0 Å². The topological polar surface area (TPSA) is 83.5 Å². The third-order valence-electron chi connectivity index (χ3n) is 6.64. The fraction of sp³-hybridized carbons (Fsp3) is 0.355. The largest absolute Gasteiger partial charge is 0.444 e. The van der Waals surface area contributed by atoms with Crippen molar-refractivity contribution in [3.63, 3.8) is 0 Å². The van der Waals surface area contributed by atoms with Crippen LogP contribution in [0, 0.1) is 6.92 Å². The van der Waals surface area contributed by atoms with E-state index in [9.17, 15) is 4.79 Å². The van der Waals surface area contributed by atoms with Gasteiger partial charge in [0.05, 0.1) is 22.3 Å². The van der Waals surface area contributed by atoms with Gasteiger partial charge in [-0.25, -0.2) is 19.7 Å². The highest BCUT2D eigenvalue weighted by molar-refractivity contribution is 7.19. The molecule has 1 saturated heterocycles. The molecule has 0 saturated carbocycles. The van der Waals surface area contributed by atoms with E-state index in [-0.39, 0.29) is 12.1 Å². The Hall–Kier alpha value is -3.98. The number of nitrogens with one attached hydrogen (secondary N) is 1. The summed E-state index contributed by atoms with van der Waals surface area (Å²) >= 11 is 1.63. The van der Waals surface area contributed by atoms with Crippen molar-refractivity contribution in [3.8, 4) is 21.8 Å². The summed E-state index contributed by atoms with van der Waals surface area (Å²) in [5, 5.41) is 4.36. The molecule has 2 aromatic heterocycles. The molecule has 8 nitrogen and oxygen atoms in total. The smallest absolute Gasteiger partial charge is 0.410 e. The average Bonchev–Trinajstić information content (AvgIpc) is 3.39. The van der Waals surface area contributed by atoms with Gasteiger partial charge in [0.15, 0.2) is 5.13 Å². The third-order valence-corrected chi connectivity index (χ3v) is 7.78. The zero-order valence-corrected chi connectivity index (χ0v) is 24.5. The van der Waals surface area contributed by atoms with Crippen molar-refractivity contribution >= 4 is 28.5 Å². The van der Waals surface area contributed by atoms with E-state index in [1.807, 2.05) is 45.0 Å². The molecule has 208 valence electrons. The SMILES string of the molecule is Cc1cccc(-c2nc(N3CCN(C(=O)OC(C)(C)C)CC3)sc2-c2ccnc(NC(C)c3ccccc3)n2)c1. The van der Waals surface area contributed by atoms with Gasteiger partial charge in [-0.1, -0.05) is 65.4 Å². The van der Waals surface area contributed by atoms with Gasteiger partial charge in [0.2, 0.25) is 5.95 Å². The Morgan fingerprint density at radius 3 is 2.45 bits per heavy atom. The molecule has 3 heterocycles. The number of ether oxygens (including phenoxy) is 1. The molecule has 1 amide bonds. The first kappa shape index (κ1) is 27.6. The van der Waals surface area contributed by atoms with Gasteiger partial charge < -0.3 is 19.9 Å². The molecule has 2 aromatic carbocycles. The van der Waals surface area contributed by atoms with Crippen molar-refractivity contribution in [1.82, 2.24) is 19.9 Å². The van der Waals surface area contributed by atoms with E-state index in [1.54, 1.807) is 22.4 Å². The molecule has 9 heteroatoms. The Morgan fingerprint density at radius 2 is 1.75 bits per heavy atom. The molecule has 0 radical (unpaired) electrons. The van der Waals surface area contributed by atoms with Gasteiger partial charge in [0.1, 0.15) is 5.60 Å². The normalized spacial score (nSPS) is 14.6. The summed E-state index contributed by atoms with van der Waals surface area (Å²) in [7, 11) is 0. The van der Waals surface area contributed by atoms with E-state index >= 15 is 0 Å². The van der Waals surface area contributed by atoms with Gasteiger partial charge in [0.25, 0.3) is 0 Å². The summed E-state index contributed by atoms with van der Waals surface area (Å²) in [5.74, 6) is 0.574. The minimum Gasteiger partial charge on any atom is -0.444 e. The summed E-state index contributed by atoms with van der Waals surface area (Å²) in [6, 6.07) is 20.7. The molecule has 1 aliphatic rings. The fourth-order valence-electron chi connectivity index (χ4n) is 4.59. The maximum atomic E-state index is 12.6. The first-order valence-corrected chi connectivity index (χ1v) is 14.4. The quantitative estimate of drug-likeness (QED) is 0.279. The van der Waals surface area contributed by atoms with Gasteiger partial charge in [-0.3, -0.25) is 0 Å². The van der Waals surface area contributed by atoms with Gasteiger partial charge in [-0.2, -0.15) is 0 Å². The molecule has 0 aliphatic carbocycles. The summed E-state index contributed by atoms with van der Waals surface area (Å²) in [5.41, 5.74) is 4.61. The number of nitrogens with zero attached hydrogens (tertiary/aromatic N) is 5. The van der Waals surface area contributed by atoms with Gasteiger partial charge in [-0.05, 0) is 52.3 Å². The molecule has 1 N–H and O–H groups in total. The molecule has 40 heavy (non-hydrogen) atoms. The monoisotopic (exact) mass is 556 g/mol. The van der Waals surface area contributed by atoms with Crippen molar-refractivity contribution in [2.75, 3.05) is 36.4 Å². The summed E-state index contributed by atoms with van der Waals surface area (Å²) < 4.78 is 5.57. The summed E-state index contributed by atoms with van der Waals surface area (Å²) in [6.07, 6.45) is 1.53. The predicted octanol–water partition coefficient (Wildman–Crippen LogP) is 6.81. The molecule has 1 aliphatic heterocycles. The van der Waals surface area contributed by atoms with Crippen LogP contribution in [0.3, 0.4) is 0 Å². The number of piperazine rings is 1. The van der Waals surface area contributed by atoms with E-state index in [2.05, 4.69) is 65.4 Å². The van der Waals surface area contributed by atoms with E-state index in [0.717, 1.165) is 27.0 Å². The number of aromatic nitrogens is 3. The van der Waals surface area contributed by atoms with E-state index in [4.69, 9.17) is 14.7 Å². The summed E-state index contributed by atoms with van der Waals surface area (Å²) in [4.78, 5) is 32.1. The van der Waals surface area contributed by atoms with Crippen LogP contribution in [-0.2, 0) is 4.74 Å². The van der Waals surface area contributed by atoms with Crippen molar-refractivity contribution in [3.05, 3.63) is 78.0 Å². The number of rotatable bonds is 6. The van der Waals surface area contributed by atoms with E-state index < -0.39 is 5.60 Å². The van der Waals surface area contributed by atoms with Gasteiger partial charge in [-0.15, -0.1) is 0 Å². The second-order valence-corrected chi connectivity index (χ2v) is 12.0. The zero-order chi connectivity index (χ0) is 28.3.